The third-order valence-electron chi connectivity index (χ3n) is 5.89. The Morgan fingerprint density at radius 1 is 1.07 bits per heavy atom. The molecule has 2 heterocycles. The first-order valence-corrected chi connectivity index (χ1v) is 9.89. The van der Waals surface area contributed by atoms with Gasteiger partial charge >= 0.3 is 0 Å². The lowest BCUT2D eigenvalue weighted by Crippen LogP contribution is -2.51. The molecule has 1 aliphatic carbocycles. The van der Waals surface area contributed by atoms with Crippen LogP contribution in [0.4, 0.5) is 5.69 Å². The molecule has 0 radical (unpaired) electrons. The van der Waals surface area contributed by atoms with Gasteiger partial charge in [0.1, 0.15) is 5.41 Å². The van der Waals surface area contributed by atoms with Crippen LogP contribution in [0.2, 0.25) is 5.02 Å². The van der Waals surface area contributed by atoms with Crippen LogP contribution in [0.3, 0.4) is 0 Å². The Morgan fingerprint density at radius 2 is 1.70 bits per heavy atom. The number of carbonyl (C=O) groups excluding carboxylic acids is 2. The molecule has 0 atom stereocenters. The maximum atomic E-state index is 13.1. The molecule has 1 aromatic carbocycles. The summed E-state index contributed by atoms with van der Waals surface area (Å²) in [4.78, 5) is 27.8. The summed E-state index contributed by atoms with van der Waals surface area (Å²) in [5.74, 6) is -0.869. The summed E-state index contributed by atoms with van der Waals surface area (Å²) in [5.41, 5.74) is 1.57. The van der Waals surface area contributed by atoms with Gasteiger partial charge in [-0.3, -0.25) is 9.59 Å². The van der Waals surface area contributed by atoms with Crippen LogP contribution in [-0.4, -0.2) is 48.8 Å². The fraction of sp³-hybridized carbons (Fsp3) is 0.600. The molecular weight excluding hydrogens is 368 g/mol. The van der Waals surface area contributed by atoms with Crippen molar-refractivity contribution in [2.75, 3.05) is 31.6 Å². The molecule has 3 fully saturated rings. The van der Waals surface area contributed by atoms with E-state index >= 15 is 0 Å². The molecule has 4 rings (SSSR count). The minimum absolute atomic E-state index is 0.0891. The Kier molecular flexibility index (Phi) is 4.69. The van der Waals surface area contributed by atoms with Gasteiger partial charge in [0.2, 0.25) is 11.8 Å². The Balaban J connectivity index is 1.44. The highest BCUT2D eigenvalue weighted by Gasteiger charge is 2.59. The molecule has 146 valence electrons. The van der Waals surface area contributed by atoms with Crippen LogP contribution in [0.15, 0.2) is 12.1 Å². The Hall–Kier alpha value is -1.63. The molecule has 27 heavy (non-hydrogen) atoms. The lowest BCUT2D eigenvalue weighted by atomic mass is 9.98. The molecule has 0 aromatic heterocycles. The Bertz CT molecular complexity index is 751. The Labute approximate surface area is 164 Å². The fourth-order valence-corrected chi connectivity index (χ4v) is 4.48. The van der Waals surface area contributed by atoms with Gasteiger partial charge in [0.15, 0.2) is 5.79 Å². The maximum Gasteiger partial charge on any atom is 0.240 e. The third-order valence-corrected chi connectivity index (χ3v) is 6.19. The second-order valence-electron chi connectivity index (χ2n) is 7.87. The quantitative estimate of drug-likeness (QED) is 0.803. The van der Waals surface area contributed by atoms with Gasteiger partial charge in [-0.25, -0.2) is 0 Å². The van der Waals surface area contributed by atoms with Gasteiger partial charge in [0.25, 0.3) is 0 Å². The van der Waals surface area contributed by atoms with E-state index in [0.29, 0.717) is 62.7 Å². The van der Waals surface area contributed by atoms with Crippen molar-refractivity contribution >= 4 is 29.1 Å². The van der Waals surface area contributed by atoms with E-state index in [9.17, 15) is 9.59 Å². The minimum atomic E-state index is -0.956. The molecule has 1 saturated carbocycles. The molecule has 0 unspecified atom stereocenters. The van der Waals surface area contributed by atoms with Crippen LogP contribution >= 0.6 is 11.6 Å². The SMILES string of the molecule is Cc1cc(C)c(NC(=O)C2(C(=O)N3CCC4(CC3)OCCO4)CC2)c(Cl)c1. The number of anilines is 1. The number of hydrogen-bond donors (Lipinski definition) is 1. The summed E-state index contributed by atoms with van der Waals surface area (Å²) in [6.45, 7) is 6.18. The van der Waals surface area contributed by atoms with Crippen molar-refractivity contribution in [2.24, 2.45) is 5.41 Å². The van der Waals surface area contributed by atoms with Crippen LogP contribution in [-0.2, 0) is 19.1 Å². The molecule has 0 bridgehead atoms. The normalized spacial score (nSPS) is 22.7. The summed E-state index contributed by atoms with van der Waals surface area (Å²) in [7, 11) is 0. The van der Waals surface area contributed by atoms with E-state index < -0.39 is 11.2 Å². The highest BCUT2D eigenvalue weighted by molar-refractivity contribution is 6.34. The second kappa shape index (κ2) is 6.76. The average molecular weight is 393 g/mol. The molecular formula is C20H25ClN2O4. The van der Waals surface area contributed by atoms with Crippen LogP contribution in [0.5, 0.6) is 0 Å². The van der Waals surface area contributed by atoms with Crippen molar-refractivity contribution < 1.29 is 19.1 Å². The zero-order valence-corrected chi connectivity index (χ0v) is 16.5. The topological polar surface area (TPSA) is 67.9 Å². The molecule has 7 heteroatoms. The average Bonchev–Trinajstić information content (AvgIpc) is 3.33. The van der Waals surface area contributed by atoms with Crippen molar-refractivity contribution in [1.82, 2.24) is 4.90 Å². The van der Waals surface area contributed by atoms with E-state index in [1.807, 2.05) is 26.0 Å². The number of nitrogens with zero attached hydrogens (tertiary/aromatic N) is 1. The summed E-state index contributed by atoms with van der Waals surface area (Å²) in [5, 5.41) is 3.41. The lowest BCUT2D eigenvalue weighted by Gasteiger charge is -2.38. The molecule has 1 aromatic rings. The van der Waals surface area contributed by atoms with Crippen molar-refractivity contribution in [3.8, 4) is 0 Å². The van der Waals surface area contributed by atoms with Gasteiger partial charge in [-0.1, -0.05) is 17.7 Å². The number of likely N-dealkylation sites (tertiary alicyclic amines) is 1. The highest BCUT2D eigenvalue weighted by Crippen LogP contribution is 2.49. The number of amides is 2. The monoisotopic (exact) mass is 392 g/mol. The lowest BCUT2D eigenvalue weighted by molar-refractivity contribution is -0.188. The van der Waals surface area contributed by atoms with Crippen molar-refractivity contribution in [3.63, 3.8) is 0 Å². The summed E-state index contributed by atoms with van der Waals surface area (Å²) >= 11 is 6.31. The molecule has 1 spiro atoms. The van der Waals surface area contributed by atoms with Gasteiger partial charge in [0.05, 0.1) is 23.9 Å². The zero-order valence-electron chi connectivity index (χ0n) is 15.8. The van der Waals surface area contributed by atoms with E-state index in [0.717, 1.165) is 11.1 Å². The number of rotatable bonds is 3. The van der Waals surface area contributed by atoms with Crippen LogP contribution in [0.1, 0.15) is 36.8 Å². The number of benzene rings is 1. The summed E-state index contributed by atoms with van der Waals surface area (Å²) in [6.07, 6.45) is 2.46. The van der Waals surface area contributed by atoms with Crippen LogP contribution in [0, 0.1) is 19.3 Å². The molecule has 2 aliphatic heterocycles. The fourth-order valence-electron chi connectivity index (χ4n) is 4.11. The van der Waals surface area contributed by atoms with E-state index in [2.05, 4.69) is 5.32 Å². The van der Waals surface area contributed by atoms with Gasteiger partial charge in [-0.15, -0.1) is 0 Å². The second-order valence-corrected chi connectivity index (χ2v) is 8.28. The largest absolute Gasteiger partial charge is 0.347 e. The van der Waals surface area contributed by atoms with Crippen LogP contribution < -0.4 is 5.32 Å². The summed E-state index contributed by atoms with van der Waals surface area (Å²) in [6, 6.07) is 3.78. The molecule has 6 nitrogen and oxygen atoms in total. The Morgan fingerprint density at radius 3 is 2.26 bits per heavy atom. The van der Waals surface area contributed by atoms with Gasteiger partial charge < -0.3 is 19.7 Å². The molecule has 1 N–H and O–H groups in total. The number of piperidine rings is 1. The van der Waals surface area contributed by atoms with Gasteiger partial charge in [-0.2, -0.15) is 0 Å². The third kappa shape index (κ3) is 3.35. The van der Waals surface area contributed by atoms with Crippen molar-refractivity contribution in [2.45, 2.75) is 45.3 Å². The van der Waals surface area contributed by atoms with E-state index in [1.165, 1.54) is 0 Å². The molecule has 2 saturated heterocycles. The molecule has 2 amide bonds. The van der Waals surface area contributed by atoms with Gasteiger partial charge in [-0.05, 0) is 43.9 Å². The number of aryl methyl sites for hydroxylation is 2. The smallest absolute Gasteiger partial charge is 0.240 e. The number of hydrogen-bond acceptors (Lipinski definition) is 4. The standard InChI is InChI=1S/C20H25ClN2O4/c1-13-11-14(2)16(15(21)12-13)22-17(24)19(3-4-19)18(25)23-7-5-20(6-8-23)26-9-10-27-20/h11-12H,3-10H2,1-2H3,(H,22,24). The van der Waals surface area contributed by atoms with E-state index in [4.69, 9.17) is 21.1 Å². The first-order valence-electron chi connectivity index (χ1n) is 9.51. The van der Waals surface area contributed by atoms with E-state index in [1.54, 1.807) is 4.90 Å². The van der Waals surface area contributed by atoms with Gasteiger partial charge in [0, 0.05) is 25.9 Å². The minimum Gasteiger partial charge on any atom is -0.347 e. The number of ether oxygens (including phenoxy) is 2. The number of carbonyl (C=O) groups is 2. The maximum absolute atomic E-state index is 13.1. The highest BCUT2D eigenvalue weighted by atomic mass is 35.5. The number of nitrogens with one attached hydrogen (secondary N) is 1. The first-order chi connectivity index (χ1) is 12.9. The molecule has 3 aliphatic rings. The van der Waals surface area contributed by atoms with Crippen LogP contribution in [0.25, 0.3) is 0 Å². The van der Waals surface area contributed by atoms with Crippen molar-refractivity contribution in [3.05, 3.63) is 28.3 Å². The number of halogens is 1. The van der Waals surface area contributed by atoms with Crippen molar-refractivity contribution in [1.29, 1.82) is 0 Å². The predicted octanol–water partition coefficient (Wildman–Crippen LogP) is 3.04. The predicted molar refractivity (Wildman–Crippen MR) is 102 cm³/mol. The summed E-state index contributed by atoms with van der Waals surface area (Å²) < 4.78 is 11.4. The zero-order chi connectivity index (χ0) is 19.2. The first kappa shape index (κ1) is 18.7. The van der Waals surface area contributed by atoms with E-state index in [-0.39, 0.29) is 11.8 Å².